The lowest BCUT2D eigenvalue weighted by Gasteiger charge is -2.36. The molecule has 1 aliphatic heterocycles. The lowest BCUT2D eigenvalue weighted by atomic mass is 10.1. The summed E-state index contributed by atoms with van der Waals surface area (Å²) in [5, 5.41) is 0. The number of carbonyl (C=O) groups excluding carboxylic acids is 1. The minimum Gasteiger partial charge on any atom is -0.484 e. The number of hydrogen-bond donors (Lipinski definition) is 0. The maximum atomic E-state index is 12.7. The molecule has 1 amide bonds. The molecule has 1 fully saturated rings. The van der Waals surface area contributed by atoms with Crippen LogP contribution in [-0.4, -0.2) is 53.6 Å². The van der Waals surface area contributed by atoms with E-state index in [1.165, 1.54) is 11.1 Å². The Morgan fingerprint density at radius 1 is 0.824 bits per heavy atom. The molecule has 0 aliphatic carbocycles. The Morgan fingerprint density at radius 2 is 1.41 bits per heavy atom. The number of rotatable bonds is 5. The third-order valence-electron chi connectivity index (χ3n) is 6.35. The van der Waals surface area contributed by atoms with Gasteiger partial charge in [-0.05, 0) is 49.2 Å². The summed E-state index contributed by atoms with van der Waals surface area (Å²) in [5.74, 6) is 1.58. The van der Waals surface area contributed by atoms with Gasteiger partial charge in [0.15, 0.2) is 12.4 Å². The summed E-state index contributed by atoms with van der Waals surface area (Å²) in [7, 11) is 0. The van der Waals surface area contributed by atoms with Gasteiger partial charge in [0.1, 0.15) is 11.4 Å². The molecule has 3 aromatic carbocycles. The second-order valence-electron chi connectivity index (χ2n) is 8.66. The Morgan fingerprint density at radius 3 is 2.06 bits per heavy atom. The predicted molar refractivity (Wildman–Crippen MR) is 135 cm³/mol. The number of hydrogen-bond acceptors (Lipinski definition) is 5. The molecule has 5 rings (SSSR count). The number of fused-ring (bicyclic) bond motifs is 1. The van der Waals surface area contributed by atoms with E-state index in [0.29, 0.717) is 31.9 Å². The molecule has 0 saturated carbocycles. The van der Waals surface area contributed by atoms with Gasteiger partial charge in [-0.2, -0.15) is 0 Å². The number of nitrogens with zero attached hydrogens (tertiary/aromatic N) is 4. The number of aromatic nitrogens is 2. The molecule has 0 spiro atoms. The van der Waals surface area contributed by atoms with Gasteiger partial charge in [-0.3, -0.25) is 4.79 Å². The number of carbonyl (C=O) groups is 1. The number of para-hydroxylation sites is 1. The van der Waals surface area contributed by atoms with E-state index < -0.39 is 0 Å². The summed E-state index contributed by atoms with van der Waals surface area (Å²) >= 11 is 0. The Labute approximate surface area is 199 Å². The number of amides is 1. The van der Waals surface area contributed by atoms with Crippen LogP contribution < -0.4 is 9.64 Å². The largest absolute Gasteiger partial charge is 0.484 e. The summed E-state index contributed by atoms with van der Waals surface area (Å²) in [4.78, 5) is 26.9. The summed E-state index contributed by atoms with van der Waals surface area (Å²) < 4.78 is 5.65. The molecule has 34 heavy (non-hydrogen) atoms. The molecule has 1 aliphatic rings. The fourth-order valence-electron chi connectivity index (χ4n) is 4.23. The van der Waals surface area contributed by atoms with Gasteiger partial charge in [-0.25, -0.2) is 9.97 Å². The third kappa shape index (κ3) is 4.57. The fourth-order valence-corrected chi connectivity index (χ4v) is 4.23. The van der Waals surface area contributed by atoms with Gasteiger partial charge in [-0.1, -0.05) is 48.5 Å². The van der Waals surface area contributed by atoms with Gasteiger partial charge in [0.05, 0.1) is 11.0 Å². The lowest BCUT2D eigenvalue weighted by Crippen LogP contribution is -2.50. The maximum absolute atomic E-state index is 12.7. The third-order valence-corrected chi connectivity index (χ3v) is 6.35. The van der Waals surface area contributed by atoms with Gasteiger partial charge < -0.3 is 14.5 Å². The van der Waals surface area contributed by atoms with E-state index in [1.54, 1.807) is 0 Å². The van der Waals surface area contributed by atoms with Crippen LogP contribution in [0.15, 0.2) is 72.8 Å². The molecule has 0 atom stereocenters. The number of benzene rings is 3. The van der Waals surface area contributed by atoms with E-state index in [0.717, 1.165) is 28.1 Å². The van der Waals surface area contributed by atoms with Gasteiger partial charge >= 0.3 is 0 Å². The van der Waals surface area contributed by atoms with Crippen molar-refractivity contribution in [3.63, 3.8) is 0 Å². The molecule has 0 radical (unpaired) electrons. The van der Waals surface area contributed by atoms with Crippen molar-refractivity contribution in [1.29, 1.82) is 0 Å². The smallest absolute Gasteiger partial charge is 0.260 e. The SMILES string of the molecule is Cc1cc2nc(-c3ccccc3)c(N3CCN(C(=O)COc4ccccc4)CC3)nc2cc1C. The zero-order valence-electron chi connectivity index (χ0n) is 19.6. The van der Waals surface area contributed by atoms with Crippen LogP contribution in [0.4, 0.5) is 5.82 Å². The van der Waals surface area contributed by atoms with Crippen LogP contribution in [0.2, 0.25) is 0 Å². The van der Waals surface area contributed by atoms with Crippen LogP contribution in [0.3, 0.4) is 0 Å². The average Bonchev–Trinajstić information content (AvgIpc) is 2.88. The van der Waals surface area contributed by atoms with Crippen LogP contribution >= 0.6 is 0 Å². The minimum absolute atomic E-state index is 0.00230. The minimum atomic E-state index is 0.00230. The zero-order chi connectivity index (χ0) is 23.5. The lowest BCUT2D eigenvalue weighted by molar-refractivity contribution is -0.133. The average molecular weight is 453 g/mol. The Hall–Kier alpha value is -3.93. The molecule has 1 saturated heterocycles. The second kappa shape index (κ2) is 9.51. The van der Waals surface area contributed by atoms with Gasteiger partial charge in [-0.15, -0.1) is 0 Å². The Bertz CT molecular complexity index is 1300. The molecule has 0 bridgehead atoms. The van der Waals surface area contributed by atoms with Crippen LogP contribution in [0, 0.1) is 13.8 Å². The molecule has 6 heteroatoms. The Kier molecular flexibility index (Phi) is 6.12. The van der Waals surface area contributed by atoms with Crippen molar-refractivity contribution in [2.24, 2.45) is 0 Å². The van der Waals surface area contributed by atoms with Crippen molar-refractivity contribution >= 4 is 22.8 Å². The summed E-state index contributed by atoms with van der Waals surface area (Å²) in [5.41, 5.74) is 6.13. The Balaban J connectivity index is 1.36. The van der Waals surface area contributed by atoms with Crippen LogP contribution in [-0.2, 0) is 4.79 Å². The van der Waals surface area contributed by atoms with Crippen molar-refractivity contribution in [2.45, 2.75) is 13.8 Å². The van der Waals surface area contributed by atoms with E-state index in [4.69, 9.17) is 14.7 Å². The second-order valence-corrected chi connectivity index (χ2v) is 8.66. The van der Waals surface area contributed by atoms with E-state index in [2.05, 4.69) is 43.0 Å². The molecular formula is C28H28N4O2. The summed E-state index contributed by atoms with van der Waals surface area (Å²) in [6.45, 7) is 6.89. The quantitative estimate of drug-likeness (QED) is 0.442. The predicted octanol–water partition coefficient (Wildman–Crippen LogP) is 4.64. The highest BCUT2D eigenvalue weighted by Crippen LogP contribution is 2.31. The first-order chi connectivity index (χ1) is 16.6. The number of piperazine rings is 1. The van der Waals surface area contributed by atoms with E-state index in [1.807, 2.05) is 53.4 Å². The van der Waals surface area contributed by atoms with Crippen molar-refractivity contribution in [3.05, 3.63) is 83.9 Å². The molecule has 172 valence electrons. The monoisotopic (exact) mass is 452 g/mol. The van der Waals surface area contributed by atoms with Crippen molar-refractivity contribution in [2.75, 3.05) is 37.7 Å². The highest BCUT2D eigenvalue weighted by Gasteiger charge is 2.25. The molecule has 0 unspecified atom stereocenters. The van der Waals surface area contributed by atoms with Crippen LogP contribution in [0.5, 0.6) is 5.75 Å². The first kappa shape index (κ1) is 21.9. The van der Waals surface area contributed by atoms with Crippen LogP contribution in [0.25, 0.3) is 22.3 Å². The van der Waals surface area contributed by atoms with E-state index >= 15 is 0 Å². The summed E-state index contributed by atoms with van der Waals surface area (Å²) in [6, 6.07) is 23.9. The number of aryl methyl sites for hydroxylation is 2. The maximum Gasteiger partial charge on any atom is 0.260 e. The first-order valence-corrected chi connectivity index (χ1v) is 11.6. The zero-order valence-corrected chi connectivity index (χ0v) is 19.6. The number of ether oxygens (including phenoxy) is 1. The molecule has 6 nitrogen and oxygen atoms in total. The molecular weight excluding hydrogens is 424 g/mol. The molecule has 0 N–H and O–H groups in total. The van der Waals surface area contributed by atoms with Crippen molar-refractivity contribution in [1.82, 2.24) is 14.9 Å². The molecule has 1 aromatic heterocycles. The van der Waals surface area contributed by atoms with E-state index in [9.17, 15) is 4.79 Å². The van der Waals surface area contributed by atoms with Crippen LogP contribution in [0.1, 0.15) is 11.1 Å². The standard InChI is InChI=1S/C28H28N4O2/c1-20-17-24-25(18-21(20)2)30-28(27(29-24)22-9-5-3-6-10-22)32-15-13-31(14-16-32)26(33)19-34-23-11-7-4-8-12-23/h3-12,17-18H,13-16,19H2,1-2H3. The molecule has 4 aromatic rings. The first-order valence-electron chi connectivity index (χ1n) is 11.6. The van der Waals surface area contributed by atoms with Gasteiger partial charge in [0.25, 0.3) is 5.91 Å². The topological polar surface area (TPSA) is 58.6 Å². The number of anilines is 1. The van der Waals surface area contributed by atoms with Crippen molar-refractivity contribution in [3.8, 4) is 17.0 Å². The summed E-state index contributed by atoms with van der Waals surface area (Å²) in [6.07, 6.45) is 0. The highest BCUT2D eigenvalue weighted by molar-refractivity contribution is 5.85. The van der Waals surface area contributed by atoms with E-state index in [-0.39, 0.29) is 12.5 Å². The van der Waals surface area contributed by atoms with Crippen molar-refractivity contribution < 1.29 is 9.53 Å². The molecule has 2 heterocycles. The van der Waals surface area contributed by atoms with Gasteiger partial charge in [0, 0.05) is 31.7 Å². The fraction of sp³-hybridized carbons (Fsp3) is 0.250. The normalized spacial score (nSPS) is 13.8. The highest BCUT2D eigenvalue weighted by atomic mass is 16.5. The van der Waals surface area contributed by atoms with Gasteiger partial charge in [0.2, 0.25) is 0 Å².